The molecule has 1 aromatic carbocycles. The number of para-hydroxylation sites is 1. The number of aromatic nitrogens is 3. The summed E-state index contributed by atoms with van der Waals surface area (Å²) in [6.07, 6.45) is 3.61. The fourth-order valence-electron chi connectivity index (χ4n) is 3.94. The number of nitrogens with one attached hydrogen (secondary N) is 2. The third-order valence-electron chi connectivity index (χ3n) is 5.51. The Kier molecular flexibility index (Phi) is 7.64. The van der Waals surface area contributed by atoms with Crippen molar-refractivity contribution in [1.82, 2.24) is 30.2 Å². The van der Waals surface area contributed by atoms with Gasteiger partial charge >= 0.3 is 6.03 Å². The lowest BCUT2D eigenvalue weighted by Gasteiger charge is -2.37. The zero-order valence-corrected chi connectivity index (χ0v) is 19.4. The number of pyridine rings is 1. The molecule has 33 heavy (non-hydrogen) atoms. The monoisotopic (exact) mass is 448 g/mol. The molecule has 0 saturated carbocycles. The van der Waals surface area contributed by atoms with E-state index in [1.165, 1.54) is 0 Å². The number of hydrogen-bond acceptors (Lipinski definition) is 7. The summed E-state index contributed by atoms with van der Waals surface area (Å²) in [5.74, 6) is 1.05. The smallest absolute Gasteiger partial charge is 0.323 e. The molecular weight excluding hydrogens is 416 g/mol. The summed E-state index contributed by atoms with van der Waals surface area (Å²) >= 11 is 0. The SMILES string of the molecule is CCCN(CCC)C(=O)Nc1ccc2cnc(N(c3ccccc3)N3CCNCC3)nc2n1. The number of nitrogens with zero attached hydrogens (tertiary/aromatic N) is 6. The number of anilines is 3. The van der Waals surface area contributed by atoms with Crippen LogP contribution in [0.25, 0.3) is 11.0 Å². The number of carbonyl (C=O) groups is 1. The minimum atomic E-state index is -0.133. The predicted octanol–water partition coefficient (Wildman–Crippen LogP) is 3.64. The Hall–Kier alpha value is -3.30. The summed E-state index contributed by atoms with van der Waals surface area (Å²) in [6.45, 7) is 9.08. The Morgan fingerprint density at radius 1 is 1.03 bits per heavy atom. The van der Waals surface area contributed by atoms with E-state index in [1.807, 2.05) is 29.2 Å². The van der Waals surface area contributed by atoms with Gasteiger partial charge in [-0.15, -0.1) is 0 Å². The van der Waals surface area contributed by atoms with Gasteiger partial charge in [-0.25, -0.2) is 24.8 Å². The predicted molar refractivity (Wildman–Crippen MR) is 132 cm³/mol. The summed E-state index contributed by atoms with van der Waals surface area (Å²) in [4.78, 5) is 28.6. The molecule has 0 atom stereocenters. The molecular formula is C24H32N8O. The van der Waals surface area contributed by atoms with Gasteiger partial charge in [-0.2, -0.15) is 4.98 Å². The molecule has 0 spiro atoms. The highest BCUT2D eigenvalue weighted by Gasteiger charge is 2.23. The molecule has 0 aliphatic carbocycles. The topological polar surface area (TPSA) is 89.5 Å². The quantitative estimate of drug-likeness (QED) is 0.544. The molecule has 0 bridgehead atoms. The largest absolute Gasteiger partial charge is 0.325 e. The number of hydrogen-bond donors (Lipinski definition) is 2. The van der Waals surface area contributed by atoms with E-state index >= 15 is 0 Å². The summed E-state index contributed by atoms with van der Waals surface area (Å²) in [6, 6.07) is 13.7. The van der Waals surface area contributed by atoms with E-state index in [-0.39, 0.29) is 6.03 Å². The second-order valence-corrected chi connectivity index (χ2v) is 8.05. The third kappa shape index (κ3) is 5.55. The molecule has 1 aliphatic heterocycles. The normalized spacial score (nSPS) is 14.2. The molecule has 2 amide bonds. The van der Waals surface area contributed by atoms with Crippen LogP contribution in [0.3, 0.4) is 0 Å². The van der Waals surface area contributed by atoms with Crippen LogP contribution in [-0.2, 0) is 0 Å². The molecule has 4 rings (SSSR count). The molecule has 0 unspecified atom stereocenters. The minimum absolute atomic E-state index is 0.133. The number of rotatable bonds is 8. The molecule has 3 aromatic rings. The highest BCUT2D eigenvalue weighted by Crippen LogP contribution is 2.26. The van der Waals surface area contributed by atoms with Crippen LogP contribution in [0.2, 0.25) is 0 Å². The highest BCUT2D eigenvalue weighted by atomic mass is 16.2. The Morgan fingerprint density at radius 3 is 2.45 bits per heavy atom. The van der Waals surface area contributed by atoms with E-state index in [0.717, 1.165) is 63.2 Å². The van der Waals surface area contributed by atoms with Gasteiger partial charge in [0.05, 0.1) is 5.69 Å². The van der Waals surface area contributed by atoms with Crippen LogP contribution in [-0.4, -0.2) is 70.2 Å². The molecule has 0 radical (unpaired) electrons. The fraction of sp³-hybridized carbons (Fsp3) is 0.417. The van der Waals surface area contributed by atoms with Crippen molar-refractivity contribution < 1.29 is 4.79 Å². The maximum absolute atomic E-state index is 12.7. The number of fused-ring (bicyclic) bond motifs is 1. The first-order valence-electron chi connectivity index (χ1n) is 11.7. The van der Waals surface area contributed by atoms with Gasteiger partial charge in [-0.05, 0) is 37.1 Å². The first kappa shape index (κ1) is 22.9. The molecule has 2 N–H and O–H groups in total. The summed E-state index contributed by atoms with van der Waals surface area (Å²) in [5, 5.41) is 11.4. The Bertz CT molecular complexity index is 1050. The van der Waals surface area contributed by atoms with E-state index in [1.54, 1.807) is 12.3 Å². The lowest BCUT2D eigenvalue weighted by atomic mass is 10.3. The molecule has 9 heteroatoms. The van der Waals surface area contributed by atoms with Gasteiger partial charge in [0, 0.05) is 50.9 Å². The van der Waals surface area contributed by atoms with Crippen LogP contribution in [0, 0.1) is 0 Å². The summed E-state index contributed by atoms with van der Waals surface area (Å²) < 4.78 is 0. The van der Waals surface area contributed by atoms with E-state index in [9.17, 15) is 4.79 Å². The number of carbonyl (C=O) groups excluding carboxylic acids is 1. The van der Waals surface area contributed by atoms with Crippen molar-refractivity contribution in [2.24, 2.45) is 0 Å². The van der Waals surface area contributed by atoms with Gasteiger partial charge in [0.1, 0.15) is 5.82 Å². The number of piperazine rings is 1. The van der Waals surface area contributed by atoms with Crippen LogP contribution >= 0.6 is 0 Å². The first-order chi connectivity index (χ1) is 16.2. The molecule has 1 fully saturated rings. The second kappa shape index (κ2) is 11.0. The standard InChI is InChI=1S/C24H32N8O/c1-3-14-30(15-4-2)24(33)28-21-11-10-19-18-26-23(29-22(19)27-21)32(20-8-6-5-7-9-20)31-16-12-25-13-17-31/h5-11,18,25H,3-4,12-17H2,1-2H3,(H,26,27,28,29,33). The second-order valence-electron chi connectivity index (χ2n) is 8.05. The van der Waals surface area contributed by atoms with Gasteiger partial charge in [-0.3, -0.25) is 5.32 Å². The summed E-state index contributed by atoms with van der Waals surface area (Å²) in [7, 11) is 0. The molecule has 9 nitrogen and oxygen atoms in total. The zero-order valence-electron chi connectivity index (χ0n) is 19.4. The van der Waals surface area contributed by atoms with Crippen molar-refractivity contribution in [3.8, 4) is 0 Å². The first-order valence-corrected chi connectivity index (χ1v) is 11.7. The highest BCUT2D eigenvalue weighted by molar-refractivity contribution is 5.89. The molecule has 1 saturated heterocycles. The number of hydrazine groups is 1. The summed E-state index contributed by atoms with van der Waals surface area (Å²) in [5.41, 5.74) is 1.55. The van der Waals surface area contributed by atoms with Gasteiger partial charge in [-0.1, -0.05) is 32.0 Å². The zero-order chi connectivity index (χ0) is 23.0. The Morgan fingerprint density at radius 2 is 1.76 bits per heavy atom. The number of urea groups is 1. The van der Waals surface area contributed by atoms with Crippen molar-refractivity contribution >= 4 is 34.5 Å². The minimum Gasteiger partial charge on any atom is -0.325 e. The fourth-order valence-corrected chi connectivity index (χ4v) is 3.94. The van der Waals surface area contributed by atoms with Gasteiger partial charge < -0.3 is 10.2 Å². The van der Waals surface area contributed by atoms with Crippen molar-refractivity contribution in [3.63, 3.8) is 0 Å². The molecule has 174 valence electrons. The van der Waals surface area contributed by atoms with Gasteiger partial charge in [0.25, 0.3) is 0 Å². The molecule has 3 heterocycles. The van der Waals surface area contributed by atoms with Crippen molar-refractivity contribution in [2.45, 2.75) is 26.7 Å². The van der Waals surface area contributed by atoms with E-state index in [2.05, 4.69) is 56.6 Å². The Labute approximate surface area is 194 Å². The van der Waals surface area contributed by atoms with Crippen molar-refractivity contribution in [2.75, 3.05) is 49.6 Å². The molecule has 2 aromatic heterocycles. The van der Waals surface area contributed by atoms with E-state index in [0.29, 0.717) is 17.4 Å². The number of benzene rings is 1. The van der Waals surface area contributed by atoms with E-state index in [4.69, 9.17) is 4.98 Å². The van der Waals surface area contributed by atoms with Crippen molar-refractivity contribution in [1.29, 1.82) is 0 Å². The van der Waals surface area contributed by atoms with Crippen molar-refractivity contribution in [3.05, 3.63) is 48.7 Å². The third-order valence-corrected chi connectivity index (χ3v) is 5.51. The average Bonchev–Trinajstić information content (AvgIpc) is 2.85. The lowest BCUT2D eigenvalue weighted by Crippen LogP contribution is -2.51. The van der Waals surface area contributed by atoms with Crippen LogP contribution in [0.5, 0.6) is 0 Å². The van der Waals surface area contributed by atoms with Crippen LogP contribution in [0.4, 0.5) is 22.2 Å². The lowest BCUT2D eigenvalue weighted by molar-refractivity contribution is 0.211. The van der Waals surface area contributed by atoms with Crippen LogP contribution in [0.1, 0.15) is 26.7 Å². The van der Waals surface area contributed by atoms with Gasteiger partial charge in [0.2, 0.25) is 5.95 Å². The Balaban J connectivity index is 1.63. The number of amides is 2. The molecule has 1 aliphatic rings. The van der Waals surface area contributed by atoms with E-state index < -0.39 is 0 Å². The maximum Gasteiger partial charge on any atom is 0.323 e. The maximum atomic E-state index is 12.7. The van der Waals surface area contributed by atoms with Crippen LogP contribution < -0.4 is 15.6 Å². The average molecular weight is 449 g/mol. The van der Waals surface area contributed by atoms with Gasteiger partial charge in [0.15, 0.2) is 5.65 Å². The van der Waals surface area contributed by atoms with Crippen LogP contribution in [0.15, 0.2) is 48.7 Å².